The zero-order valence-electron chi connectivity index (χ0n) is 15.9. The second-order valence-electron chi connectivity index (χ2n) is 6.86. The van der Waals surface area contributed by atoms with Gasteiger partial charge in [0.15, 0.2) is 0 Å². The molecule has 0 aliphatic rings. The smallest absolute Gasteiger partial charge is 0.225 e. The van der Waals surface area contributed by atoms with Gasteiger partial charge in [-0.3, -0.25) is 4.98 Å². The fourth-order valence-corrected chi connectivity index (χ4v) is 2.70. The van der Waals surface area contributed by atoms with Crippen LogP contribution >= 0.6 is 0 Å². The Morgan fingerprint density at radius 1 is 1.07 bits per heavy atom. The maximum Gasteiger partial charge on any atom is 0.225 e. The van der Waals surface area contributed by atoms with Crippen LogP contribution in [0.2, 0.25) is 0 Å². The number of nitrogens with one attached hydrogen (secondary N) is 2. The van der Waals surface area contributed by atoms with Gasteiger partial charge in [-0.2, -0.15) is 4.98 Å². The molecule has 0 fully saturated rings. The Bertz CT molecular complexity index is 904. The summed E-state index contributed by atoms with van der Waals surface area (Å²) in [7, 11) is 0. The highest BCUT2D eigenvalue weighted by Crippen LogP contribution is 2.22. The van der Waals surface area contributed by atoms with E-state index in [1.165, 1.54) is 12.1 Å². The predicted octanol–water partition coefficient (Wildman–Crippen LogP) is 3.72. The molecule has 1 atom stereocenters. The highest BCUT2D eigenvalue weighted by Gasteiger charge is 2.15. The second kappa shape index (κ2) is 9.23. The van der Waals surface area contributed by atoms with Gasteiger partial charge in [-0.25, -0.2) is 9.37 Å². The maximum atomic E-state index is 13.4. The summed E-state index contributed by atoms with van der Waals surface area (Å²) < 4.78 is 13.4. The van der Waals surface area contributed by atoms with E-state index in [-0.39, 0.29) is 24.4 Å². The number of benzene rings is 1. The molecule has 7 heteroatoms. The van der Waals surface area contributed by atoms with Gasteiger partial charge in [0.1, 0.15) is 11.6 Å². The van der Waals surface area contributed by atoms with E-state index >= 15 is 0 Å². The number of nitrogens with zero attached hydrogens (tertiary/aromatic N) is 3. The second-order valence-corrected chi connectivity index (χ2v) is 6.86. The molecule has 0 spiro atoms. The van der Waals surface area contributed by atoms with Crippen molar-refractivity contribution in [1.82, 2.24) is 15.0 Å². The number of halogens is 1. The lowest BCUT2D eigenvalue weighted by Crippen LogP contribution is -2.30. The van der Waals surface area contributed by atoms with Gasteiger partial charge in [0, 0.05) is 30.6 Å². The molecule has 28 heavy (non-hydrogen) atoms. The molecule has 0 radical (unpaired) electrons. The van der Waals surface area contributed by atoms with Crippen molar-refractivity contribution in [2.45, 2.75) is 26.4 Å². The third kappa shape index (κ3) is 5.23. The summed E-state index contributed by atoms with van der Waals surface area (Å²) in [6, 6.07) is 11.8. The van der Waals surface area contributed by atoms with Crippen molar-refractivity contribution in [2.75, 3.05) is 17.2 Å². The summed E-state index contributed by atoms with van der Waals surface area (Å²) >= 11 is 0. The molecule has 1 aromatic carbocycles. The molecular weight excluding hydrogens is 357 g/mol. The number of aromatic nitrogens is 3. The molecule has 146 valence electrons. The van der Waals surface area contributed by atoms with Crippen molar-refractivity contribution in [3.8, 4) is 11.3 Å². The van der Waals surface area contributed by atoms with Gasteiger partial charge in [0.05, 0.1) is 18.3 Å². The van der Waals surface area contributed by atoms with E-state index < -0.39 is 0 Å². The van der Waals surface area contributed by atoms with E-state index in [0.29, 0.717) is 18.3 Å². The monoisotopic (exact) mass is 381 g/mol. The number of aliphatic hydroxyl groups is 1. The number of hydrogen-bond donors (Lipinski definition) is 3. The largest absolute Gasteiger partial charge is 0.394 e. The Morgan fingerprint density at radius 2 is 1.86 bits per heavy atom. The molecule has 0 saturated heterocycles. The van der Waals surface area contributed by atoms with Crippen molar-refractivity contribution in [3.05, 3.63) is 66.2 Å². The van der Waals surface area contributed by atoms with Gasteiger partial charge >= 0.3 is 0 Å². The predicted molar refractivity (Wildman–Crippen MR) is 108 cm³/mol. The Kier molecular flexibility index (Phi) is 6.49. The lowest BCUT2D eigenvalue weighted by molar-refractivity contribution is 0.248. The minimum Gasteiger partial charge on any atom is -0.394 e. The number of rotatable bonds is 8. The van der Waals surface area contributed by atoms with Gasteiger partial charge in [0.2, 0.25) is 5.95 Å². The SMILES string of the molecule is CC(C)[C@@H](CO)Nc1nc(NCc2cccc(F)c2)cc(-c2ccncc2)n1. The molecule has 0 aliphatic heterocycles. The number of pyridine rings is 1. The van der Waals surface area contributed by atoms with Crippen LogP contribution in [0.25, 0.3) is 11.3 Å². The van der Waals surface area contributed by atoms with Crippen LogP contribution in [0.3, 0.4) is 0 Å². The van der Waals surface area contributed by atoms with Crippen molar-refractivity contribution in [1.29, 1.82) is 0 Å². The lowest BCUT2D eigenvalue weighted by atomic mass is 10.1. The van der Waals surface area contributed by atoms with Crippen LogP contribution in [0.4, 0.5) is 16.2 Å². The van der Waals surface area contributed by atoms with E-state index in [1.807, 2.05) is 38.1 Å². The molecule has 0 aliphatic carbocycles. The van der Waals surface area contributed by atoms with Crippen LogP contribution < -0.4 is 10.6 Å². The number of anilines is 2. The Balaban J connectivity index is 1.88. The molecule has 2 heterocycles. The summed E-state index contributed by atoms with van der Waals surface area (Å²) in [5.74, 6) is 0.962. The van der Waals surface area contributed by atoms with E-state index in [4.69, 9.17) is 0 Å². The average Bonchev–Trinajstić information content (AvgIpc) is 2.71. The van der Waals surface area contributed by atoms with Crippen molar-refractivity contribution < 1.29 is 9.50 Å². The lowest BCUT2D eigenvalue weighted by Gasteiger charge is -2.20. The molecule has 2 aromatic heterocycles. The number of hydrogen-bond acceptors (Lipinski definition) is 6. The van der Waals surface area contributed by atoms with Gasteiger partial charge in [-0.1, -0.05) is 26.0 Å². The first-order valence-electron chi connectivity index (χ1n) is 9.20. The molecule has 0 bridgehead atoms. The summed E-state index contributed by atoms with van der Waals surface area (Å²) in [6.07, 6.45) is 3.41. The summed E-state index contributed by atoms with van der Waals surface area (Å²) in [5, 5.41) is 16.0. The molecule has 3 N–H and O–H groups in total. The third-order valence-corrected chi connectivity index (χ3v) is 4.38. The first kappa shape index (κ1) is 19.7. The van der Waals surface area contributed by atoms with Crippen LogP contribution in [0.1, 0.15) is 19.4 Å². The highest BCUT2D eigenvalue weighted by molar-refractivity contribution is 5.64. The first-order chi connectivity index (χ1) is 13.5. The van der Waals surface area contributed by atoms with E-state index in [0.717, 1.165) is 16.8 Å². The zero-order valence-corrected chi connectivity index (χ0v) is 15.9. The first-order valence-corrected chi connectivity index (χ1v) is 9.20. The highest BCUT2D eigenvalue weighted by atomic mass is 19.1. The Hall–Kier alpha value is -3.06. The van der Waals surface area contributed by atoms with Gasteiger partial charge < -0.3 is 15.7 Å². The van der Waals surface area contributed by atoms with Crippen molar-refractivity contribution in [2.24, 2.45) is 5.92 Å². The van der Waals surface area contributed by atoms with Crippen LogP contribution in [-0.4, -0.2) is 32.7 Å². The van der Waals surface area contributed by atoms with Crippen LogP contribution in [0.5, 0.6) is 0 Å². The fraction of sp³-hybridized carbons (Fsp3) is 0.286. The van der Waals surface area contributed by atoms with Crippen molar-refractivity contribution >= 4 is 11.8 Å². The minimum atomic E-state index is -0.274. The van der Waals surface area contributed by atoms with Crippen molar-refractivity contribution in [3.63, 3.8) is 0 Å². The third-order valence-electron chi connectivity index (χ3n) is 4.38. The van der Waals surface area contributed by atoms with Crippen LogP contribution in [0, 0.1) is 11.7 Å². The molecule has 0 amide bonds. The topological polar surface area (TPSA) is 83.0 Å². The zero-order chi connectivity index (χ0) is 19.9. The Labute approximate surface area is 163 Å². The molecule has 0 unspecified atom stereocenters. The van der Waals surface area contributed by atoms with E-state index in [9.17, 15) is 9.50 Å². The molecule has 3 aromatic rings. The molecule has 3 rings (SSSR count). The van der Waals surface area contributed by atoms with Gasteiger partial charge in [0.25, 0.3) is 0 Å². The average molecular weight is 381 g/mol. The van der Waals surface area contributed by atoms with Crippen LogP contribution in [0.15, 0.2) is 54.9 Å². The maximum absolute atomic E-state index is 13.4. The summed E-state index contributed by atoms with van der Waals surface area (Å²) in [4.78, 5) is 13.1. The van der Waals surface area contributed by atoms with E-state index in [2.05, 4.69) is 25.6 Å². The quantitative estimate of drug-likeness (QED) is 0.552. The van der Waals surface area contributed by atoms with Gasteiger partial charge in [-0.15, -0.1) is 0 Å². The summed E-state index contributed by atoms with van der Waals surface area (Å²) in [5.41, 5.74) is 2.44. The molecular formula is C21H24FN5O. The Morgan fingerprint density at radius 3 is 2.54 bits per heavy atom. The normalized spacial score (nSPS) is 12.0. The van der Waals surface area contributed by atoms with Crippen LogP contribution in [-0.2, 0) is 6.54 Å². The minimum absolute atomic E-state index is 0.0213. The molecule has 6 nitrogen and oxygen atoms in total. The van der Waals surface area contributed by atoms with E-state index in [1.54, 1.807) is 18.5 Å². The fourth-order valence-electron chi connectivity index (χ4n) is 2.70. The summed E-state index contributed by atoms with van der Waals surface area (Å²) in [6.45, 7) is 4.44. The number of aliphatic hydroxyl groups excluding tert-OH is 1. The van der Waals surface area contributed by atoms with Gasteiger partial charge in [-0.05, 0) is 35.7 Å². The molecule has 0 saturated carbocycles. The standard InChI is InChI=1S/C21H24FN5O/c1-14(2)19(13-28)26-21-25-18(16-6-8-23-9-7-16)11-20(27-21)24-12-15-4-3-5-17(22)10-15/h3-11,14,19,28H,12-13H2,1-2H3,(H2,24,25,26,27)/t19-/m1/s1.